The monoisotopic (exact) mass is 328 g/mol. The van der Waals surface area contributed by atoms with Crippen LogP contribution in [0.3, 0.4) is 0 Å². The molecule has 4 aromatic rings. The molecule has 0 bridgehead atoms. The molecule has 0 spiro atoms. The Hall–Kier alpha value is -2.71. The number of hydrogen-bond acceptors (Lipinski definition) is 1. The van der Waals surface area contributed by atoms with Gasteiger partial charge in [-0.3, -0.25) is 0 Å². The number of para-hydroxylation sites is 1. The van der Waals surface area contributed by atoms with Crippen molar-refractivity contribution in [1.82, 2.24) is 0 Å². The molecular formula is C22H18NS+. The van der Waals surface area contributed by atoms with Gasteiger partial charge in [0.2, 0.25) is 5.52 Å². The first-order valence-electron chi connectivity index (χ1n) is 8.08. The van der Waals surface area contributed by atoms with Crippen molar-refractivity contribution in [2.75, 3.05) is 0 Å². The van der Waals surface area contributed by atoms with Gasteiger partial charge in [-0.2, -0.15) is 4.57 Å². The van der Waals surface area contributed by atoms with Gasteiger partial charge in [0.15, 0.2) is 6.54 Å². The zero-order chi connectivity index (χ0) is 16.2. The summed E-state index contributed by atoms with van der Waals surface area (Å²) in [5.74, 6) is 0. The molecule has 24 heavy (non-hydrogen) atoms. The van der Waals surface area contributed by atoms with Crippen LogP contribution in [0.1, 0.15) is 16.1 Å². The molecule has 0 amide bonds. The average molecular weight is 328 g/mol. The molecule has 0 aliphatic rings. The first kappa shape index (κ1) is 14.9. The Balaban J connectivity index is 1.77. The summed E-state index contributed by atoms with van der Waals surface area (Å²) in [5, 5.41) is 1.27. The standard InChI is InChI=1S/C22H18NS/c1-3-9-18(10-4-1)15-16-22-23(17-19-11-5-2-6-12-19)20-13-7-8-14-21(20)24-22/h1-16H,17H2/q+1/b16-15+. The molecule has 3 aromatic carbocycles. The number of nitrogens with zero attached hydrogens (tertiary/aromatic N) is 1. The quantitative estimate of drug-likeness (QED) is 0.441. The fourth-order valence-corrected chi connectivity index (χ4v) is 3.90. The Morgan fingerprint density at radius 3 is 2.17 bits per heavy atom. The van der Waals surface area contributed by atoms with Crippen LogP contribution in [0, 0.1) is 0 Å². The SMILES string of the molecule is C(=C\c1sc2ccccc2[n+]1Cc1ccccc1)/c1ccccc1. The van der Waals surface area contributed by atoms with E-state index in [1.54, 1.807) is 0 Å². The first-order valence-corrected chi connectivity index (χ1v) is 8.90. The Morgan fingerprint density at radius 1 is 0.708 bits per heavy atom. The van der Waals surface area contributed by atoms with Gasteiger partial charge in [-0.25, -0.2) is 0 Å². The molecule has 4 rings (SSSR count). The van der Waals surface area contributed by atoms with E-state index in [1.807, 2.05) is 17.4 Å². The normalized spacial score (nSPS) is 11.3. The molecular weight excluding hydrogens is 310 g/mol. The molecule has 0 aliphatic carbocycles. The van der Waals surface area contributed by atoms with Crippen molar-refractivity contribution in [3.8, 4) is 0 Å². The number of benzene rings is 3. The molecule has 0 saturated carbocycles. The maximum absolute atomic E-state index is 2.40. The topological polar surface area (TPSA) is 3.88 Å². The van der Waals surface area contributed by atoms with Gasteiger partial charge in [-0.1, -0.05) is 84.1 Å². The summed E-state index contributed by atoms with van der Waals surface area (Å²) in [7, 11) is 0. The Labute approximate surface area is 146 Å². The van der Waals surface area contributed by atoms with Gasteiger partial charge in [0.05, 0.1) is 0 Å². The van der Waals surface area contributed by atoms with E-state index in [0.717, 1.165) is 6.54 Å². The lowest BCUT2D eigenvalue weighted by atomic mass is 10.2. The van der Waals surface area contributed by atoms with E-state index >= 15 is 0 Å². The molecule has 116 valence electrons. The van der Waals surface area contributed by atoms with Crippen molar-refractivity contribution in [3.05, 3.63) is 101 Å². The third-order valence-corrected chi connectivity index (χ3v) is 5.17. The minimum absolute atomic E-state index is 0.888. The number of fused-ring (bicyclic) bond motifs is 1. The summed E-state index contributed by atoms with van der Waals surface area (Å²) in [4.78, 5) is 0. The summed E-state index contributed by atoms with van der Waals surface area (Å²) in [6.45, 7) is 0.888. The predicted octanol–water partition coefficient (Wildman–Crippen LogP) is 5.41. The highest BCUT2D eigenvalue weighted by Gasteiger charge is 2.18. The van der Waals surface area contributed by atoms with Crippen LogP contribution in [-0.2, 0) is 6.54 Å². The summed E-state index contributed by atoms with van der Waals surface area (Å²) in [5.41, 5.74) is 3.83. The number of hydrogen-bond donors (Lipinski definition) is 0. The summed E-state index contributed by atoms with van der Waals surface area (Å²) >= 11 is 1.84. The molecule has 0 radical (unpaired) electrons. The first-order chi connectivity index (χ1) is 11.9. The van der Waals surface area contributed by atoms with Crippen molar-refractivity contribution in [2.45, 2.75) is 6.54 Å². The summed E-state index contributed by atoms with van der Waals surface area (Å²) in [6.07, 6.45) is 4.41. The lowest BCUT2D eigenvalue weighted by molar-refractivity contribution is -0.659. The van der Waals surface area contributed by atoms with Crippen LogP contribution < -0.4 is 4.57 Å². The third kappa shape index (κ3) is 3.15. The summed E-state index contributed by atoms with van der Waals surface area (Å²) < 4.78 is 3.72. The van der Waals surface area contributed by atoms with Gasteiger partial charge >= 0.3 is 0 Å². The lowest BCUT2D eigenvalue weighted by Crippen LogP contribution is -2.35. The van der Waals surface area contributed by atoms with Gasteiger partial charge in [-0.05, 0) is 17.7 Å². The molecule has 1 aromatic heterocycles. The van der Waals surface area contributed by atoms with Crippen LogP contribution in [0.4, 0.5) is 0 Å². The number of thiazole rings is 1. The molecule has 1 nitrogen and oxygen atoms in total. The zero-order valence-corrected chi connectivity index (χ0v) is 14.1. The lowest BCUT2D eigenvalue weighted by Gasteiger charge is -1.98. The largest absolute Gasteiger partial charge is 0.263 e. The third-order valence-electron chi connectivity index (χ3n) is 4.04. The van der Waals surface area contributed by atoms with Crippen molar-refractivity contribution >= 4 is 33.7 Å². The van der Waals surface area contributed by atoms with E-state index in [2.05, 4.69) is 95.6 Å². The average Bonchev–Trinajstić information content (AvgIpc) is 2.99. The number of aromatic nitrogens is 1. The van der Waals surface area contributed by atoms with Crippen molar-refractivity contribution < 1.29 is 4.57 Å². The van der Waals surface area contributed by atoms with E-state index in [0.29, 0.717) is 0 Å². The van der Waals surface area contributed by atoms with E-state index < -0.39 is 0 Å². The molecule has 0 saturated heterocycles. The molecule has 0 aliphatic heterocycles. The maximum atomic E-state index is 2.40. The van der Waals surface area contributed by atoms with Gasteiger partial charge in [0.1, 0.15) is 4.70 Å². The van der Waals surface area contributed by atoms with Crippen LogP contribution in [0.15, 0.2) is 84.9 Å². The highest BCUT2D eigenvalue weighted by Crippen LogP contribution is 2.22. The van der Waals surface area contributed by atoms with Gasteiger partial charge < -0.3 is 0 Å². The molecule has 0 atom stereocenters. The highest BCUT2D eigenvalue weighted by molar-refractivity contribution is 7.18. The molecule has 2 heteroatoms. The Morgan fingerprint density at radius 2 is 1.38 bits per heavy atom. The van der Waals surface area contributed by atoms with Crippen LogP contribution in [0.25, 0.3) is 22.4 Å². The fraction of sp³-hybridized carbons (Fsp3) is 0.0455. The van der Waals surface area contributed by atoms with Crippen LogP contribution in [0.5, 0.6) is 0 Å². The number of rotatable bonds is 4. The van der Waals surface area contributed by atoms with Crippen LogP contribution in [0.2, 0.25) is 0 Å². The Bertz CT molecular complexity index is 969. The second-order valence-electron chi connectivity index (χ2n) is 5.72. The molecule has 0 N–H and O–H groups in total. The van der Waals surface area contributed by atoms with E-state index in [9.17, 15) is 0 Å². The van der Waals surface area contributed by atoms with Gasteiger partial charge in [-0.15, -0.1) is 0 Å². The highest BCUT2D eigenvalue weighted by atomic mass is 32.1. The van der Waals surface area contributed by atoms with Gasteiger partial charge in [0, 0.05) is 17.7 Å². The van der Waals surface area contributed by atoms with Crippen molar-refractivity contribution in [2.24, 2.45) is 0 Å². The second-order valence-corrected chi connectivity index (χ2v) is 6.79. The molecule has 1 heterocycles. The molecule has 0 unspecified atom stereocenters. The fourth-order valence-electron chi connectivity index (χ4n) is 2.84. The predicted molar refractivity (Wildman–Crippen MR) is 103 cm³/mol. The van der Waals surface area contributed by atoms with Crippen molar-refractivity contribution in [1.29, 1.82) is 0 Å². The van der Waals surface area contributed by atoms with Crippen LogP contribution >= 0.6 is 11.3 Å². The van der Waals surface area contributed by atoms with E-state index in [1.165, 1.54) is 26.4 Å². The van der Waals surface area contributed by atoms with E-state index in [4.69, 9.17) is 0 Å². The Kier molecular flexibility index (Phi) is 4.22. The maximum Gasteiger partial charge on any atom is 0.263 e. The summed E-state index contributed by atoms with van der Waals surface area (Å²) in [6, 6.07) is 29.7. The van der Waals surface area contributed by atoms with Crippen molar-refractivity contribution in [3.63, 3.8) is 0 Å². The van der Waals surface area contributed by atoms with E-state index in [-0.39, 0.29) is 0 Å². The minimum atomic E-state index is 0.888. The van der Waals surface area contributed by atoms with Gasteiger partial charge in [0.25, 0.3) is 5.01 Å². The molecule has 0 fully saturated rings. The zero-order valence-electron chi connectivity index (χ0n) is 13.3. The smallest absolute Gasteiger partial charge is 0.178 e. The van der Waals surface area contributed by atoms with Crippen LogP contribution in [-0.4, -0.2) is 0 Å². The second kappa shape index (κ2) is 6.81. The minimum Gasteiger partial charge on any atom is -0.178 e.